The Morgan fingerprint density at radius 1 is 0.484 bits per heavy atom. The highest BCUT2D eigenvalue weighted by atomic mass is 16.4. The van der Waals surface area contributed by atoms with Gasteiger partial charge in [0.25, 0.3) is 5.56 Å². The number of nitrogens with zero attached hydrogens (tertiary/aromatic N) is 15. The van der Waals surface area contributed by atoms with E-state index in [1.165, 1.54) is 0 Å². The van der Waals surface area contributed by atoms with Gasteiger partial charge in [-0.2, -0.15) is 0 Å². The average Bonchev–Trinajstić information content (AvgIpc) is 1.59. The summed E-state index contributed by atoms with van der Waals surface area (Å²) in [6.45, 7) is 5.81. The van der Waals surface area contributed by atoms with Crippen LogP contribution in [0.4, 0.5) is 28.1 Å². The SMILES string of the molecule is CC(=O)NCC1CCC(c2nc(-c3cc4ncccc4[nH]3)c3c(N)nccn23)CC1.CCc1cnc(N)c2c(-c3cc4ccccc4[nH]3)nc(C3CCC(C(=O)O)CC3)n12.CNC(=O)N1CCC(c2nc(-c3cc4cccc(-c5ccccn5)c4[nH]3)c3c(N)nccn23)CC1.Nc1nccn2c(C3CCC(C(=O)O)CC3)nc(-c3cc4cc[nH]c(=O)c4[nH]3)c12. The first kappa shape index (κ1) is 80.3. The van der Waals surface area contributed by atoms with E-state index in [4.69, 9.17) is 42.9 Å². The highest BCUT2D eigenvalue weighted by Gasteiger charge is 2.36. The molecule has 632 valence electrons. The first-order valence-corrected chi connectivity index (χ1v) is 42.3. The lowest BCUT2D eigenvalue weighted by Gasteiger charge is -2.31. The number of imidazole rings is 4. The normalized spacial score (nSPS) is 18.1. The van der Waals surface area contributed by atoms with E-state index in [1.807, 2.05) is 107 Å². The molecule has 33 heteroatoms. The maximum absolute atomic E-state index is 12.1. The highest BCUT2D eigenvalue weighted by molar-refractivity contribution is 5.99. The number of H-pyrrole nitrogens is 5. The molecule has 0 radical (unpaired) electrons. The number of urea groups is 1. The minimum Gasteiger partial charge on any atom is -0.481 e. The number of aryl methyl sites for hydroxylation is 1. The number of piperidine rings is 1. The van der Waals surface area contributed by atoms with Gasteiger partial charge in [-0.1, -0.05) is 49.4 Å². The summed E-state index contributed by atoms with van der Waals surface area (Å²) in [6, 6.07) is 34.0. The van der Waals surface area contributed by atoms with E-state index in [0.717, 1.165) is 206 Å². The number of hydrogen-bond donors (Lipinski definition) is 13. The Morgan fingerprint density at radius 2 is 0.968 bits per heavy atom. The molecule has 17 N–H and O–H groups in total. The molecule has 0 unspecified atom stereocenters. The number of hydrogen-bond acceptors (Lipinski definition) is 19. The van der Waals surface area contributed by atoms with Gasteiger partial charge in [0.1, 0.15) is 96.9 Å². The van der Waals surface area contributed by atoms with Gasteiger partial charge >= 0.3 is 18.0 Å². The molecule has 0 atom stereocenters. The number of carbonyl (C=O) groups excluding carboxylic acids is 2. The molecule has 1 saturated heterocycles. The van der Waals surface area contributed by atoms with Crippen LogP contribution in [0.3, 0.4) is 0 Å². The van der Waals surface area contributed by atoms with Crippen LogP contribution in [0.15, 0.2) is 170 Å². The van der Waals surface area contributed by atoms with Crippen LogP contribution in [-0.2, 0) is 20.8 Å². The molecular weight excluding hydrogens is 1570 g/mol. The molecule has 17 aromatic rings. The largest absolute Gasteiger partial charge is 0.481 e. The van der Waals surface area contributed by atoms with Crippen LogP contribution >= 0.6 is 0 Å². The van der Waals surface area contributed by atoms with Crippen LogP contribution in [0.2, 0.25) is 0 Å². The van der Waals surface area contributed by atoms with Gasteiger partial charge in [0, 0.05) is 152 Å². The summed E-state index contributed by atoms with van der Waals surface area (Å²) in [6.07, 6.45) is 30.3. The van der Waals surface area contributed by atoms with Gasteiger partial charge < -0.3 is 73.6 Å². The standard InChI is InChI=1S/C26H26N8O.C23H25N5O2.C22H25N7O.C20H20N6O3/c1-28-26(35)33-12-8-16(9-13-33)25-32-22(23-24(27)30-11-14-34(23)25)20-15-17-5-4-6-18(21(17)31-20)19-7-2-3-10-29-19;1-2-16-12-25-21(24)20-19(18-11-15-5-3-4-6-17(15)26-18)27-22(28(16)20)13-7-9-14(10-8-13)23(29)30;1-13(30)26-12-14-4-6-15(7-5-14)22-28-19(20-21(23)25-9-10-29(20)22)18-11-17-16(27-18)3-2-8-24-17;21-17-16-15(13-9-12-5-6-23-19(27)14(12)24-13)25-18(26(16)8-7-22-17)10-1-3-11(4-2-10)20(28)29/h2-7,10-11,14-16,31H,8-9,12-13H2,1H3,(H2,27,30)(H,28,35);3-6,11-14,26H,2,7-10H2,1H3,(H2,24,25)(H,29,30);2-3,8-11,14-15,27H,4-7,12H2,1H3,(H2,23,25)(H,26,30);5-11,24H,1-4H2,(H2,21,22)(H,23,27)(H,28,29). The number of likely N-dealkylation sites (tertiary alicyclic amines) is 1. The van der Waals surface area contributed by atoms with Gasteiger partial charge in [-0.3, -0.25) is 46.7 Å². The number of benzene rings is 2. The number of para-hydroxylation sites is 2. The number of amides is 3. The van der Waals surface area contributed by atoms with E-state index in [1.54, 1.807) is 51.2 Å². The Morgan fingerprint density at radius 3 is 1.52 bits per heavy atom. The third-order valence-corrected chi connectivity index (χ3v) is 25.2. The van der Waals surface area contributed by atoms with Crippen molar-refractivity contribution in [2.75, 3.05) is 49.6 Å². The van der Waals surface area contributed by atoms with Crippen molar-refractivity contribution in [1.82, 2.24) is 108 Å². The number of aliphatic carboxylic acids is 2. The number of nitrogen functional groups attached to an aromatic ring is 4. The fourth-order valence-corrected chi connectivity index (χ4v) is 18.7. The monoisotopic (exact) mass is 1660 g/mol. The number of anilines is 4. The van der Waals surface area contributed by atoms with Gasteiger partial charge in [0.05, 0.1) is 56.9 Å². The predicted molar refractivity (Wildman–Crippen MR) is 476 cm³/mol. The second kappa shape index (κ2) is 34.0. The van der Waals surface area contributed by atoms with Crippen molar-refractivity contribution in [3.8, 4) is 56.8 Å². The predicted octanol–water partition coefficient (Wildman–Crippen LogP) is 14.2. The fourth-order valence-electron chi connectivity index (χ4n) is 18.7. The quantitative estimate of drug-likeness (QED) is 0.0481. The van der Waals surface area contributed by atoms with Gasteiger partial charge in [-0.25, -0.2) is 44.7 Å². The van der Waals surface area contributed by atoms with Gasteiger partial charge in [-0.05, 0) is 163 Å². The number of pyridine rings is 3. The molecule has 124 heavy (non-hydrogen) atoms. The minimum absolute atomic E-state index is 0.0349. The number of rotatable bonds is 14. The average molecular weight is 1670 g/mol. The van der Waals surface area contributed by atoms with Crippen molar-refractivity contribution in [3.05, 3.63) is 204 Å². The van der Waals surface area contributed by atoms with Crippen molar-refractivity contribution in [2.24, 2.45) is 17.8 Å². The van der Waals surface area contributed by atoms with E-state index in [0.29, 0.717) is 96.3 Å². The summed E-state index contributed by atoms with van der Waals surface area (Å²) < 4.78 is 8.26. The summed E-state index contributed by atoms with van der Waals surface area (Å²) in [5.74, 6) is 5.03. The molecule has 3 amide bonds. The van der Waals surface area contributed by atoms with Crippen LogP contribution in [0, 0.1) is 17.8 Å². The first-order chi connectivity index (χ1) is 60.3. The van der Waals surface area contributed by atoms with E-state index < -0.39 is 11.9 Å². The number of aromatic nitrogens is 19. The second-order valence-corrected chi connectivity index (χ2v) is 32.7. The van der Waals surface area contributed by atoms with Crippen molar-refractivity contribution in [3.63, 3.8) is 0 Å². The van der Waals surface area contributed by atoms with Crippen molar-refractivity contribution < 1.29 is 29.4 Å². The van der Waals surface area contributed by atoms with Gasteiger partial charge in [0.2, 0.25) is 5.91 Å². The summed E-state index contributed by atoms with van der Waals surface area (Å²) in [7, 11) is 1.66. The van der Waals surface area contributed by atoms with Crippen LogP contribution in [0.1, 0.15) is 156 Å². The van der Waals surface area contributed by atoms with Crippen molar-refractivity contribution >= 4 is 113 Å². The molecule has 0 bridgehead atoms. The Balaban J connectivity index is 0.000000113. The maximum Gasteiger partial charge on any atom is 0.317 e. The Hall–Kier alpha value is -14.8. The Labute approximate surface area is 709 Å². The zero-order valence-corrected chi connectivity index (χ0v) is 68.8. The number of carbonyl (C=O) groups is 4. The lowest BCUT2D eigenvalue weighted by molar-refractivity contribution is -0.143. The van der Waals surface area contributed by atoms with E-state index >= 15 is 0 Å². The van der Waals surface area contributed by atoms with E-state index in [2.05, 4.69) is 116 Å². The minimum atomic E-state index is -0.728. The van der Waals surface area contributed by atoms with Crippen molar-refractivity contribution in [1.29, 1.82) is 0 Å². The molecular formula is C91H96N26O7. The van der Waals surface area contributed by atoms with Crippen molar-refractivity contribution in [2.45, 2.75) is 134 Å². The zero-order valence-electron chi connectivity index (χ0n) is 68.8. The van der Waals surface area contributed by atoms with Crippen LogP contribution in [0.25, 0.3) is 123 Å². The number of nitrogens with two attached hydrogens (primary N) is 4. The third kappa shape index (κ3) is 15.5. The molecule has 0 spiro atoms. The smallest absolute Gasteiger partial charge is 0.317 e. The number of aromatic amines is 5. The molecule has 1 aliphatic heterocycles. The van der Waals surface area contributed by atoms with Gasteiger partial charge in [0.15, 0.2) is 0 Å². The van der Waals surface area contributed by atoms with Gasteiger partial charge in [-0.15, -0.1) is 0 Å². The summed E-state index contributed by atoms with van der Waals surface area (Å²) >= 11 is 0. The molecule has 33 nitrogen and oxygen atoms in total. The zero-order chi connectivity index (χ0) is 85.6. The lowest BCUT2D eigenvalue weighted by Crippen LogP contribution is -2.42. The van der Waals surface area contributed by atoms with Crippen LogP contribution in [0.5, 0.6) is 0 Å². The maximum atomic E-state index is 12.1. The molecule has 15 aromatic heterocycles. The number of fused-ring (bicyclic) bond motifs is 8. The molecule has 3 saturated carbocycles. The summed E-state index contributed by atoms with van der Waals surface area (Å²) in [5, 5.41) is 27.3. The Kier molecular flexibility index (Phi) is 22.0. The summed E-state index contributed by atoms with van der Waals surface area (Å²) in [4.78, 5) is 123. The number of carboxylic acids is 2. The molecule has 3 aliphatic carbocycles. The van der Waals surface area contributed by atoms with E-state index in [-0.39, 0.29) is 47.1 Å². The molecule has 21 rings (SSSR count). The lowest BCUT2D eigenvalue weighted by atomic mass is 9.81. The van der Waals surface area contributed by atoms with Crippen LogP contribution in [-0.4, -0.2) is 158 Å². The topological polar surface area (TPSA) is 483 Å². The molecule has 16 heterocycles. The third-order valence-electron chi connectivity index (χ3n) is 25.2. The molecule has 2 aromatic carbocycles. The summed E-state index contributed by atoms with van der Waals surface area (Å²) in [5.41, 5.74) is 42.0. The number of carboxylic acid groups (broad SMARTS) is 2. The van der Waals surface area contributed by atoms with E-state index in [9.17, 15) is 34.2 Å². The molecule has 4 fully saturated rings. The highest BCUT2D eigenvalue weighted by Crippen LogP contribution is 2.45. The van der Waals surface area contributed by atoms with Crippen LogP contribution < -0.4 is 39.1 Å². The molecule has 4 aliphatic rings. The fraction of sp³-hybridized carbons (Fsp3) is 0.308. The Bertz CT molecular complexity index is 6870. The second-order valence-electron chi connectivity index (χ2n) is 32.7. The number of nitrogens with one attached hydrogen (secondary N) is 7. The first-order valence-electron chi connectivity index (χ1n) is 42.3.